The lowest BCUT2D eigenvalue weighted by molar-refractivity contribution is 0.0133. The molecule has 0 aromatic heterocycles. The zero-order valence-corrected chi connectivity index (χ0v) is 13.1. The summed E-state index contributed by atoms with van der Waals surface area (Å²) in [5, 5.41) is 0.0881. The normalized spacial score (nSPS) is 12.8. The lowest BCUT2D eigenvalue weighted by atomic mass is 10.2. The molecule has 0 spiro atoms. The van der Waals surface area contributed by atoms with Crippen LogP contribution in [0.3, 0.4) is 0 Å². The number of hydrogen-bond donors (Lipinski definition) is 0. The average Bonchev–Trinajstić information content (AvgIpc) is 2.40. The van der Waals surface area contributed by atoms with Gasteiger partial charge in [0.2, 0.25) is 0 Å². The Morgan fingerprint density at radius 3 is 1.89 bits per heavy atom. The quantitative estimate of drug-likeness (QED) is 0.344. The van der Waals surface area contributed by atoms with Crippen molar-refractivity contribution in [2.75, 3.05) is 53.4 Å². The summed E-state index contributed by atoms with van der Waals surface area (Å²) in [5.41, 5.74) is 0. The highest BCUT2D eigenvalue weighted by Gasteiger charge is 2.02. The minimum atomic E-state index is 0.0881. The van der Waals surface area contributed by atoms with Crippen molar-refractivity contribution < 1.29 is 18.9 Å². The van der Waals surface area contributed by atoms with Gasteiger partial charge in [-0.25, -0.2) is 0 Å². The topological polar surface area (TPSA) is 36.9 Å². The molecule has 19 heavy (non-hydrogen) atoms. The van der Waals surface area contributed by atoms with Crippen molar-refractivity contribution in [2.45, 2.75) is 38.0 Å². The number of alkyl halides is 1. The van der Waals surface area contributed by atoms with Crippen molar-refractivity contribution in [1.29, 1.82) is 0 Å². The molecule has 0 N–H and O–H groups in total. The third kappa shape index (κ3) is 16.1. The Bertz CT molecular complexity index is 170. The van der Waals surface area contributed by atoms with E-state index in [2.05, 4.69) is 6.92 Å². The summed E-state index contributed by atoms with van der Waals surface area (Å²) >= 11 is 6.00. The molecule has 5 heteroatoms. The second-order valence-corrected chi connectivity index (χ2v) is 5.00. The van der Waals surface area contributed by atoms with Gasteiger partial charge >= 0.3 is 0 Å². The Kier molecular flexibility index (Phi) is 16.3. The minimum absolute atomic E-state index is 0.0881. The highest BCUT2D eigenvalue weighted by Crippen LogP contribution is 2.05. The summed E-state index contributed by atoms with van der Waals surface area (Å²) in [7, 11) is 1.66. The van der Waals surface area contributed by atoms with Crippen molar-refractivity contribution in [1.82, 2.24) is 0 Å². The van der Waals surface area contributed by atoms with Gasteiger partial charge in [-0.2, -0.15) is 0 Å². The zero-order valence-electron chi connectivity index (χ0n) is 12.4. The first kappa shape index (κ1) is 19.1. The molecule has 0 heterocycles. The lowest BCUT2D eigenvalue weighted by Gasteiger charge is -2.09. The standard InChI is InChI=1S/C14H29ClO4/c1-3-4-7-17-9-11-19-12-10-18-8-5-6-14(15)13-16-2/h14H,3-13H2,1-2H3. The number of unbranched alkanes of at least 4 members (excludes halogenated alkanes) is 1. The summed E-state index contributed by atoms with van der Waals surface area (Å²) in [4.78, 5) is 0. The van der Waals surface area contributed by atoms with Gasteiger partial charge in [0.05, 0.1) is 38.4 Å². The van der Waals surface area contributed by atoms with Gasteiger partial charge in [-0.05, 0) is 19.3 Å². The van der Waals surface area contributed by atoms with Gasteiger partial charge in [0.15, 0.2) is 0 Å². The molecule has 1 atom stereocenters. The Balaban J connectivity index is 2.99. The highest BCUT2D eigenvalue weighted by molar-refractivity contribution is 6.20. The third-order valence-corrected chi connectivity index (χ3v) is 2.88. The summed E-state index contributed by atoms with van der Waals surface area (Å²) in [6, 6.07) is 0. The molecule has 1 unspecified atom stereocenters. The van der Waals surface area contributed by atoms with Gasteiger partial charge in [-0.3, -0.25) is 0 Å². The Labute approximate surface area is 122 Å². The fourth-order valence-corrected chi connectivity index (χ4v) is 1.74. The molecule has 116 valence electrons. The van der Waals surface area contributed by atoms with Crippen LogP contribution < -0.4 is 0 Å². The second-order valence-electron chi connectivity index (χ2n) is 4.39. The van der Waals surface area contributed by atoms with Crippen molar-refractivity contribution in [3.8, 4) is 0 Å². The molecule has 0 saturated carbocycles. The molecule has 0 fully saturated rings. The van der Waals surface area contributed by atoms with E-state index in [1.54, 1.807) is 7.11 Å². The van der Waals surface area contributed by atoms with Crippen LogP contribution in [0.5, 0.6) is 0 Å². The van der Waals surface area contributed by atoms with Crippen LogP contribution in [-0.2, 0) is 18.9 Å². The number of rotatable bonds is 15. The molecule has 0 bridgehead atoms. The number of methoxy groups -OCH3 is 1. The van der Waals surface area contributed by atoms with Crippen molar-refractivity contribution in [3.63, 3.8) is 0 Å². The van der Waals surface area contributed by atoms with Crippen LogP contribution in [0.15, 0.2) is 0 Å². The average molecular weight is 297 g/mol. The maximum atomic E-state index is 6.00. The molecule has 0 radical (unpaired) electrons. The van der Waals surface area contributed by atoms with E-state index in [0.717, 1.165) is 32.5 Å². The van der Waals surface area contributed by atoms with Crippen LogP contribution in [-0.4, -0.2) is 58.7 Å². The molecule has 4 nitrogen and oxygen atoms in total. The molecular weight excluding hydrogens is 268 g/mol. The van der Waals surface area contributed by atoms with Gasteiger partial charge in [-0.1, -0.05) is 13.3 Å². The maximum absolute atomic E-state index is 6.00. The van der Waals surface area contributed by atoms with Crippen LogP contribution >= 0.6 is 11.6 Å². The van der Waals surface area contributed by atoms with Gasteiger partial charge in [0.1, 0.15) is 0 Å². The number of ether oxygens (including phenoxy) is 4. The molecule has 0 aromatic carbocycles. The zero-order chi connectivity index (χ0) is 14.2. The van der Waals surface area contributed by atoms with Gasteiger partial charge < -0.3 is 18.9 Å². The Hall–Kier alpha value is 0.130. The first-order valence-electron chi connectivity index (χ1n) is 7.17. The molecule has 0 rings (SSSR count). The van der Waals surface area contributed by atoms with Crippen LogP contribution in [0.4, 0.5) is 0 Å². The monoisotopic (exact) mass is 296 g/mol. The maximum Gasteiger partial charge on any atom is 0.0701 e. The van der Waals surface area contributed by atoms with E-state index >= 15 is 0 Å². The fourth-order valence-electron chi connectivity index (χ4n) is 1.46. The van der Waals surface area contributed by atoms with E-state index in [9.17, 15) is 0 Å². The van der Waals surface area contributed by atoms with Crippen LogP contribution in [0.2, 0.25) is 0 Å². The van der Waals surface area contributed by atoms with E-state index in [0.29, 0.717) is 33.0 Å². The van der Waals surface area contributed by atoms with Crippen molar-refractivity contribution in [2.24, 2.45) is 0 Å². The van der Waals surface area contributed by atoms with E-state index in [4.69, 9.17) is 30.5 Å². The van der Waals surface area contributed by atoms with Crippen LogP contribution in [0.25, 0.3) is 0 Å². The van der Waals surface area contributed by atoms with Crippen molar-refractivity contribution in [3.05, 3.63) is 0 Å². The first-order chi connectivity index (χ1) is 9.31. The van der Waals surface area contributed by atoms with E-state index < -0.39 is 0 Å². The Morgan fingerprint density at radius 1 is 0.842 bits per heavy atom. The smallest absolute Gasteiger partial charge is 0.0701 e. The Morgan fingerprint density at radius 2 is 1.37 bits per heavy atom. The molecular formula is C14H29ClO4. The molecule has 0 amide bonds. The third-order valence-electron chi connectivity index (χ3n) is 2.54. The molecule has 0 aromatic rings. The van der Waals surface area contributed by atoms with Gasteiger partial charge in [0.25, 0.3) is 0 Å². The molecule has 0 aliphatic heterocycles. The molecule has 0 saturated heterocycles. The highest BCUT2D eigenvalue weighted by atomic mass is 35.5. The molecule has 0 aliphatic rings. The van der Waals surface area contributed by atoms with E-state index in [-0.39, 0.29) is 5.38 Å². The summed E-state index contributed by atoms with van der Waals surface area (Å²) < 4.78 is 21.2. The predicted molar refractivity (Wildman–Crippen MR) is 78.1 cm³/mol. The lowest BCUT2D eigenvalue weighted by Crippen LogP contribution is -2.11. The van der Waals surface area contributed by atoms with Gasteiger partial charge in [0, 0.05) is 20.3 Å². The SMILES string of the molecule is CCCCOCCOCCOCCCC(Cl)COC. The number of halogens is 1. The van der Waals surface area contributed by atoms with Crippen LogP contribution in [0, 0.1) is 0 Å². The predicted octanol–water partition coefficient (Wildman–Crippen LogP) is 2.87. The van der Waals surface area contributed by atoms with E-state index in [1.165, 1.54) is 6.42 Å². The fraction of sp³-hybridized carbons (Fsp3) is 1.00. The number of hydrogen-bond acceptors (Lipinski definition) is 4. The largest absolute Gasteiger partial charge is 0.383 e. The van der Waals surface area contributed by atoms with E-state index in [1.807, 2.05) is 0 Å². The van der Waals surface area contributed by atoms with Gasteiger partial charge in [-0.15, -0.1) is 11.6 Å². The first-order valence-corrected chi connectivity index (χ1v) is 7.61. The van der Waals surface area contributed by atoms with Crippen LogP contribution in [0.1, 0.15) is 32.6 Å². The van der Waals surface area contributed by atoms with Crippen molar-refractivity contribution >= 4 is 11.6 Å². The minimum Gasteiger partial charge on any atom is -0.383 e. The second kappa shape index (κ2) is 16.2. The molecule has 0 aliphatic carbocycles. The summed E-state index contributed by atoms with van der Waals surface area (Å²) in [5.74, 6) is 0. The summed E-state index contributed by atoms with van der Waals surface area (Å²) in [6.07, 6.45) is 4.16. The summed E-state index contributed by atoms with van der Waals surface area (Å²) in [6.45, 7) is 6.88.